The van der Waals surface area contributed by atoms with Crippen LogP contribution in [-0.2, 0) is 0 Å². The van der Waals surface area contributed by atoms with Crippen molar-refractivity contribution in [3.05, 3.63) is 0 Å². The van der Waals surface area contributed by atoms with Gasteiger partial charge in [-0.2, -0.15) is 15.0 Å². The van der Waals surface area contributed by atoms with E-state index in [4.69, 9.17) is 5.11 Å². The van der Waals surface area contributed by atoms with Gasteiger partial charge in [-0.25, -0.2) is 0 Å². The minimum atomic E-state index is 0.0532. The Bertz CT molecular complexity index is 405. The number of aliphatic hydroxyl groups is 1. The third-order valence-electron chi connectivity index (χ3n) is 2.83. The molecule has 2 heterocycles. The van der Waals surface area contributed by atoms with Gasteiger partial charge in [0.05, 0.1) is 6.61 Å². The second kappa shape index (κ2) is 6.51. The van der Waals surface area contributed by atoms with Gasteiger partial charge in [0.25, 0.3) is 0 Å². The lowest BCUT2D eigenvalue weighted by atomic mass is 10.4. The molecule has 1 aliphatic heterocycles. The summed E-state index contributed by atoms with van der Waals surface area (Å²) in [6.07, 6.45) is 2.36. The highest BCUT2D eigenvalue weighted by Gasteiger charge is 2.17. The average molecular weight is 266 g/mol. The maximum absolute atomic E-state index is 8.86. The van der Waals surface area contributed by atoms with Gasteiger partial charge in [0.1, 0.15) is 0 Å². The van der Waals surface area contributed by atoms with Crippen molar-refractivity contribution in [2.75, 3.05) is 41.8 Å². The fraction of sp³-hybridized carbons (Fsp3) is 0.750. The quantitative estimate of drug-likeness (QED) is 0.698. The molecule has 0 atom stereocenters. The number of nitrogens with one attached hydrogen (secondary N) is 2. The van der Waals surface area contributed by atoms with E-state index in [0.29, 0.717) is 24.4 Å². The highest BCUT2D eigenvalue weighted by molar-refractivity contribution is 5.44. The second-order valence-corrected chi connectivity index (χ2v) is 4.93. The molecule has 0 amide bonds. The van der Waals surface area contributed by atoms with Gasteiger partial charge in [0, 0.05) is 25.7 Å². The lowest BCUT2D eigenvalue weighted by Crippen LogP contribution is -2.23. The molecule has 19 heavy (non-hydrogen) atoms. The van der Waals surface area contributed by atoms with Crippen LogP contribution < -0.4 is 15.5 Å². The van der Waals surface area contributed by atoms with E-state index in [0.717, 1.165) is 13.1 Å². The van der Waals surface area contributed by atoms with Crippen LogP contribution in [0.2, 0.25) is 0 Å². The number of hydrogen-bond donors (Lipinski definition) is 3. The van der Waals surface area contributed by atoms with Crippen LogP contribution in [-0.4, -0.2) is 52.3 Å². The second-order valence-electron chi connectivity index (χ2n) is 4.93. The van der Waals surface area contributed by atoms with Gasteiger partial charge in [-0.05, 0) is 26.7 Å². The van der Waals surface area contributed by atoms with E-state index in [1.807, 2.05) is 13.8 Å². The third kappa shape index (κ3) is 3.92. The monoisotopic (exact) mass is 266 g/mol. The molecule has 7 nitrogen and oxygen atoms in total. The van der Waals surface area contributed by atoms with Gasteiger partial charge >= 0.3 is 0 Å². The summed E-state index contributed by atoms with van der Waals surface area (Å²) in [5.74, 6) is 1.79. The molecular weight excluding hydrogens is 244 g/mol. The zero-order valence-electron chi connectivity index (χ0n) is 11.6. The number of aromatic nitrogens is 3. The lowest BCUT2D eigenvalue weighted by Gasteiger charge is -2.17. The summed E-state index contributed by atoms with van der Waals surface area (Å²) in [7, 11) is 0. The molecule has 0 radical (unpaired) electrons. The fourth-order valence-electron chi connectivity index (χ4n) is 1.99. The number of hydrogen-bond acceptors (Lipinski definition) is 7. The van der Waals surface area contributed by atoms with Gasteiger partial charge < -0.3 is 20.6 Å². The van der Waals surface area contributed by atoms with Crippen molar-refractivity contribution in [1.82, 2.24) is 15.0 Å². The molecule has 3 N–H and O–H groups in total. The SMILES string of the molecule is CC(C)Nc1nc(NCCO)nc(N2CCCC2)n1. The summed E-state index contributed by atoms with van der Waals surface area (Å²) in [6, 6.07) is 0.263. The van der Waals surface area contributed by atoms with Crippen molar-refractivity contribution < 1.29 is 5.11 Å². The molecule has 1 fully saturated rings. The Morgan fingerprint density at radius 2 is 1.84 bits per heavy atom. The summed E-state index contributed by atoms with van der Waals surface area (Å²) >= 11 is 0. The van der Waals surface area contributed by atoms with Crippen molar-refractivity contribution in [3.63, 3.8) is 0 Å². The smallest absolute Gasteiger partial charge is 0.231 e. The maximum Gasteiger partial charge on any atom is 0.231 e. The van der Waals surface area contributed by atoms with E-state index in [2.05, 4.69) is 30.5 Å². The predicted octanol–water partition coefficient (Wildman–Crippen LogP) is 0.696. The van der Waals surface area contributed by atoms with E-state index in [1.165, 1.54) is 12.8 Å². The van der Waals surface area contributed by atoms with Crippen molar-refractivity contribution in [2.24, 2.45) is 0 Å². The predicted molar refractivity (Wildman–Crippen MR) is 75.6 cm³/mol. The lowest BCUT2D eigenvalue weighted by molar-refractivity contribution is 0.311. The molecular formula is C12H22N6O. The van der Waals surface area contributed by atoms with E-state index in [-0.39, 0.29) is 12.6 Å². The van der Waals surface area contributed by atoms with Crippen LogP contribution >= 0.6 is 0 Å². The fourth-order valence-corrected chi connectivity index (χ4v) is 1.99. The molecule has 0 aliphatic carbocycles. The maximum atomic E-state index is 8.86. The normalized spacial score (nSPS) is 15.1. The molecule has 0 saturated carbocycles. The highest BCUT2D eigenvalue weighted by Crippen LogP contribution is 2.18. The Balaban J connectivity index is 2.19. The van der Waals surface area contributed by atoms with Crippen molar-refractivity contribution >= 4 is 17.8 Å². The first-order chi connectivity index (χ1) is 9.19. The topological polar surface area (TPSA) is 86.2 Å². The Morgan fingerprint density at radius 1 is 1.16 bits per heavy atom. The van der Waals surface area contributed by atoms with Gasteiger partial charge in [-0.1, -0.05) is 0 Å². The summed E-state index contributed by atoms with van der Waals surface area (Å²) in [6.45, 7) is 6.55. The zero-order valence-corrected chi connectivity index (χ0v) is 11.6. The van der Waals surface area contributed by atoms with Gasteiger partial charge in [0.15, 0.2) is 0 Å². The minimum Gasteiger partial charge on any atom is -0.395 e. The van der Waals surface area contributed by atoms with E-state index < -0.39 is 0 Å². The molecule has 0 bridgehead atoms. The molecule has 0 unspecified atom stereocenters. The minimum absolute atomic E-state index is 0.0532. The van der Waals surface area contributed by atoms with Crippen LogP contribution in [0.1, 0.15) is 26.7 Å². The summed E-state index contributed by atoms with van der Waals surface area (Å²) < 4.78 is 0. The average Bonchev–Trinajstić information content (AvgIpc) is 2.89. The van der Waals surface area contributed by atoms with Crippen LogP contribution in [0.5, 0.6) is 0 Å². The van der Waals surface area contributed by atoms with Gasteiger partial charge in [0.2, 0.25) is 17.8 Å². The summed E-state index contributed by atoms with van der Waals surface area (Å²) in [5, 5.41) is 15.1. The zero-order chi connectivity index (χ0) is 13.7. The molecule has 0 spiro atoms. The Kier molecular flexibility index (Phi) is 4.73. The summed E-state index contributed by atoms with van der Waals surface area (Å²) in [4.78, 5) is 15.3. The molecule has 2 rings (SSSR count). The molecule has 106 valence electrons. The van der Waals surface area contributed by atoms with Crippen molar-refractivity contribution in [2.45, 2.75) is 32.7 Å². The number of aliphatic hydroxyl groups excluding tert-OH is 1. The van der Waals surface area contributed by atoms with Crippen LogP contribution in [0.15, 0.2) is 0 Å². The number of nitrogens with zero attached hydrogens (tertiary/aromatic N) is 4. The third-order valence-corrected chi connectivity index (χ3v) is 2.83. The van der Waals surface area contributed by atoms with Crippen LogP contribution in [0.4, 0.5) is 17.8 Å². The van der Waals surface area contributed by atoms with Crippen LogP contribution in [0.25, 0.3) is 0 Å². The Morgan fingerprint density at radius 3 is 2.47 bits per heavy atom. The highest BCUT2D eigenvalue weighted by atomic mass is 16.3. The molecule has 1 aromatic rings. The van der Waals surface area contributed by atoms with Crippen LogP contribution in [0.3, 0.4) is 0 Å². The Hall–Kier alpha value is -1.63. The van der Waals surface area contributed by atoms with E-state index in [9.17, 15) is 0 Å². The summed E-state index contributed by atoms with van der Waals surface area (Å²) in [5.41, 5.74) is 0. The van der Waals surface area contributed by atoms with Crippen LogP contribution in [0, 0.1) is 0 Å². The van der Waals surface area contributed by atoms with E-state index in [1.54, 1.807) is 0 Å². The van der Waals surface area contributed by atoms with E-state index >= 15 is 0 Å². The van der Waals surface area contributed by atoms with Gasteiger partial charge in [-0.15, -0.1) is 0 Å². The first kappa shape index (κ1) is 13.8. The first-order valence-corrected chi connectivity index (χ1v) is 6.81. The largest absolute Gasteiger partial charge is 0.395 e. The standard InChI is InChI=1S/C12H22N6O/c1-9(2)14-11-15-10(13-5-8-19)16-12(17-11)18-6-3-4-7-18/h9,19H,3-8H2,1-2H3,(H2,13,14,15,16,17). The molecule has 1 saturated heterocycles. The van der Waals surface area contributed by atoms with Gasteiger partial charge in [-0.3, -0.25) is 0 Å². The molecule has 1 aliphatic rings. The van der Waals surface area contributed by atoms with Crippen molar-refractivity contribution in [1.29, 1.82) is 0 Å². The molecule has 7 heteroatoms. The molecule has 0 aromatic carbocycles. The molecule has 1 aromatic heterocycles. The van der Waals surface area contributed by atoms with Crippen molar-refractivity contribution in [3.8, 4) is 0 Å². The number of rotatable bonds is 6. The number of anilines is 3. The Labute approximate surface area is 113 Å². The first-order valence-electron chi connectivity index (χ1n) is 6.81.